The molecular weight excluding hydrogens is 501 g/mol. The van der Waals surface area contributed by atoms with Crippen molar-refractivity contribution in [2.45, 2.75) is 6.04 Å². The number of aliphatic hydroxyl groups is 1. The lowest BCUT2D eigenvalue weighted by molar-refractivity contribution is 0.0910. The van der Waals surface area contributed by atoms with Gasteiger partial charge in [-0.2, -0.15) is 10.4 Å². The van der Waals surface area contributed by atoms with Crippen LogP contribution in [0.3, 0.4) is 0 Å². The first kappa shape index (κ1) is 23.6. The Kier molecular flexibility index (Phi) is 6.20. The predicted octanol–water partition coefficient (Wildman–Crippen LogP) is 4.48. The van der Waals surface area contributed by atoms with Crippen molar-refractivity contribution in [1.29, 1.82) is 5.26 Å². The van der Waals surface area contributed by atoms with Gasteiger partial charge in [-0.1, -0.05) is 59.6 Å². The van der Waals surface area contributed by atoms with Gasteiger partial charge >= 0.3 is 0 Å². The first-order valence-electron chi connectivity index (χ1n) is 10.8. The molecule has 2 heterocycles. The summed E-state index contributed by atoms with van der Waals surface area (Å²) in [4.78, 5) is 28.8. The number of benzene rings is 3. The maximum absolute atomic E-state index is 13.1. The number of carbonyl (C=O) groups excluding carboxylic acids is 1. The quantitative estimate of drug-likeness (QED) is 0.317. The van der Waals surface area contributed by atoms with E-state index in [2.05, 4.69) is 15.4 Å². The maximum Gasteiger partial charge on any atom is 0.275 e. The van der Waals surface area contributed by atoms with Crippen LogP contribution in [0.15, 0.2) is 71.7 Å². The molecule has 0 bridgehead atoms. The van der Waals surface area contributed by atoms with Crippen molar-refractivity contribution < 1.29 is 9.90 Å². The topological polar surface area (TPSA) is 123 Å². The summed E-state index contributed by atoms with van der Waals surface area (Å²) in [7, 11) is 0. The number of nitriles is 1. The third-order valence-electron chi connectivity index (χ3n) is 5.79. The van der Waals surface area contributed by atoms with Gasteiger partial charge in [0.15, 0.2) is 5.69 Å². The third-order valence-corrected chi connectivity index (χ3v) is 6.22. The number of aliphatic hydroxyl groups excluding tert-OH is 1. The third kappa shape index (κ3) is 4.32. The van der Waals surface area contributed by atoms with Crippen molar-refractivity contribution in [3.63, 3.8) is 0 Å². The molecule has 0 saturated heterocycles. The normalized spacial score (nSPS) is 11.9. The summed E-state index contributed by atoms with van der Waals surface area (Å²) >= 11 is 12.1. The zero-order chi connectivity index (χ0) is 25.4. The lowest BCUT2D eigenvalue weighted by atomic mass is 10.1. The molecule has 0 fully saturated rings. The molecule has 8 nitrogen and oxygen atoms in total. The number of hydrogen-bond acceptors (Lipinski definition) is 5. The van der Waals surface area contributed by atoms with Crippen LogP contribution in [-0.2, 0) is 0 Å². The Labute approximate surface area is 214 Å². The Balaban J connectivity index is 1.55. The van der Waals surface area contributed by atoms with Gasteiger partial charge in [-0.25, -0.2) is 4.52 Å². The second-order valence-electron chi connectivity index (χ2n) is 8.10. The smallest absolute Gasteiger partial charge is 0.275 e. The fraction of sp³-hybridized carbons (Fsp3) is 0.0769. The minimum atomic E-state index is -0.864. The van der Waals surface area contributed by atoms with Crippen LogP contribution < -0.4 is 10.9 Å². The Morgan fingerprint density at radius 1 is 1.11 bits per heavy atom. The van der Waals surface area contributed by atoms with E-state index < -0.39 is 24.1 Å². The van der Waals surface area contributed by atoms with Crippen LogP contribution in [0.25, 0.3) is 27.5 Å². The number of nitrogens with zero attached hydrogens (tertiary/aromatic N) is 3. The van der Waals surface area contributed by atoms with E-state index in [-0.39, 0.29) is 16.8 Å². The minimum absolute atomic E-state index is 0.0569. The number of rotatable bonds is 5. The molecule has 0 aliphatic carbocycles. The van der Waals surface area contributed by atoms with Gasteiger partial charge in [-0.05, 0) is 40.6 Å². The van der Waals surface area contributed by atoms with Crippen molar-refractivity contribution in [2.75, 3.05) is 6.61 Å². The minimum Gasteiger partial charge on any atom is -0.394 e. The van der Waals surface area contributed by atoms with Crippen LogP contribution in [-0.4, -0.2) is 32.2 Å². The number of fused-ring (bicyclic) bond motifs is 2. The summed E-state index contributed by atoms with van der Waals surface area (Å²) in [6.07, 6.45) is 1.55. The van der Waals surface area contributed by atoms with Gasteiger partial charge in [-0.15, -0.1) is 0 Å². The highest BCUT2D eigenvalue weighted by Gasteiger charge is 2.25. The van der Waals surface area contributed by atoms with Gasteiger partial charge in [0.25, 0.3) is 11.5 Å². The molecule has 0 saturated carbocycles. The number of halogens is 2. The number of H-pyrrole nitrogens is 1. The van der Waals surface area contributed by atoms with Crippen molar-refractivity contribution in [3.8, 4) is 17.3 Å². The summed E-state index contributed by atoms with van der Waals surface area (Å²) in [5, 5.41) is 29.2. The molecule has 1 atom stereocenters. The zero-order valence-corrected chi connectivity index (χ0v) is 20.0. The lowest BCUT2D eigenvalue weighted by Gasteiger charge is -2.16. The molecule has 178 valence electrons. The van der Waals surface area contributed by atoms with Crippen molar-refractivity contribution in [3.05, 3.63) is 104 Å². The van der Waals surface area contributed by atoms with Gasteiger partial charge < -0.3 is 15.4 Å². The van der Waals surface area contributed by atoms with E-state index in [0.29, 0.717) is 21.3 Å². The molecule has 1 amide bonds. The van der Waals surface area contributed by atoms with Crippen molar-refractivity contribution in [2.24, 2.45) is 0 Å². The van der Waals surface area contributed by atoms with E-state index in [1.807, 2.05) is 48.5 Å². The average molecular weight is 518 g/mol. The molecule has 0 spiro atoms. The van der Waals surface area contributed by atoms with Gasteiger partial charge in [0, 0.05) is 15.6 Å². The highest BCUT2D eigenvalue weighted by Crippen LogP contribution is 2.25. The number of aromatic amines is 1. The summed E-state index contributed by atoms with van der Waals surface area (Å²) < 4.78 is 1.22. The maximum atomic E-state index is 13.1. The first-order chi connectivity index (χ1) is 17.4. The van der Waals surface area contributed by atoms with E-state index in [4.69, 9.17) is 23.2 Å². The molecular formula is C26H17Cl2N5O3. The van der Waals surface area contributed by atoms with E-state index >= 15 is 0 Å². The SMILES string of the molecule is N#Cc1c(C(=O)NC(CO)c2cc(Cl)cc(Cl)c2)nn2cc(-c3ccc4ccccc4c3)[nH]c(=O)c12. The first-order valence-corrected chi connectivity index (χ1v) is 11.6. The highest BCUT2D eigenvalue weighted by atomic mass is 35.5. The molecule has 0 aliphatic rings. The molecule has 36 heavy (non-hydrogen) atoms. The number of carbonyl (C=O) groups is 1. The summed E-state index contributed by atoms with van der Waals surface area (Å²) in [6.45, 7) is -0.454. The summed E-state index contributed by atoms with van der Waals surface area (Å²) in [6, 6.07) is 19.2. The van der Waals surface area contributed by atoms with Crippen molar-refractivity contribution >= 4 is 45.4 Å². The number of nitrogens with one attached hydrogen (secondary N) is 2. The van der Waals surface area contributed by atoms with Crippen LogP contribution in [0, 0.1) is 11.3 Å². The predicted molar refractivity (Wildman–Crippen MR) is 137 cm³/mol. The molecule has 5 aromatic rings. The van der Waals surface area contributed by atoms with Gasteiger partial charge in [0.05, 0.1) is 24.5 Å². The molecule has 0 radical (unpaired) electrons. The molecule has 0 aliphatic heterocycles. The summed E-state index contributed by atoms with van der Waals surface area (Å²) in [5.74, 6) is -0.739. The van der Waals surface area contributed by atoms with Crippen molar-refractivity contribution in [1.82, 2.24) is 19.9 Å². The summed E-state index contributed by atoms with van der Waals surface area (Å²) in [5.41, 5.74) is 0.638. The van der Waals surface area contributed by atoms with E-state index in [1.165, 1.54) is 10.6 Å². The van der Waals surface area contributed by atoms with E-state index in [9.17, 15) is 20.0 Å². The molecule has 10 heteroatoms. The van der Waals surface area contributed by atoms with Gasteiger partial charge in [0.1, 0.15) is 17.1 Å². The van der Waals surface area contributed by atoms with Crippen LogP contribution in [0.5, 0.6) is 0 Å². The monoisotopic (exact) mass is 517 g/mol. The fourth-order valence-corrected chi connectivity index (χ4v) is 4.63. The highest BCUT2D eigenvalue weighted by molar-refractivity contribution is 6.34. The molecule has 5 rings (SSSR count). The second kappa shape index (κ2) is 9.47. The van der Waals surface area contributed by atoms with Crippen LogP contribution in [0.4, 0.5) is 0 Å². The van der Waals surface area contributed by atoms with Crippen LogP contribution in [0.2, 0.25) is 10.0 Å². The lowest BCUT2D eigenvalue weighted by Crippen LogP contribution is -2.31. The number of amides is 1. The molecule has 2 aromatic heterocycles. The Morgan fingerprint density at radius 2 is 1.83 bits per heavy atom. The molecule has 1 unspecified atom stereocenters. The van der Waals surface area contributed by atoms with Crippen LogP contribution >= 0.6 is 23.2 Å². The molecule has 3 N–H and O–H groups in total. The molecule has 3 aromatic carbocycles. The average Bonchev–Trinajstić information content (AvgIpc) is 3.25. The Morgan fingerprint density at radius 3 is 2.53 bits per heavy atom. The Bertz CT molecular complexity index is 1730. The van der Waals surface area contributed by atoms with E-state index in [1.54, 1.807) is 18.3 Å². The number of aromatic nitrogens is 3. The van der Waals surface area contributed by atoms with E-state index in [0.717, 1.165) is 16.3 Å². The Hall–Kier alpha value is -4.16. The van der Waals surface area contributed by atoms with Gasteiger partial charge in [-0.3, -0.25) is 9.59 Å². The zero-order valence-electron chi connectivity index (χ0n) is 18.5. The second-order valence-corrected chi connectivity index (χ2v) is 8.97. The fourth-order valence-electron chi connectivity index (χ4n) is 4.09. The van der Waals surface area contributed by atoms with Gasteiger partial charge in [0.2, 0.25) is 0 Å². The number of hydrogen-bond donors (Lipinski definition) is 3. The largest absolute Gasteiger partial charge is 0.394 e. The standard InChI is InChI=1S/C26H17Cl2N5O3/c27-18-8-17(9-19(28)10-18)22(13-34)31-25(35)23-20(11-29)24-26(36)30-21(12-33(24)32-23)16-6-5-14-3-1-2-4-15(14)7-16/h1-10,12,22,34H,13H2,(H,30,36)(H,31,35). The van der Waals surface area contributed by atoms with Crippen LogP contribution in [0.1, 0.15) is 27.7 Å².